The van der Waals surface area contributed by atoms with Crippen molar-refractivity contribution in [1.82, 2.24) is 0 Å². The quantitative estimate of drug-likeness (QED) is 0.674. The van der Waals surface area contributed by atoms with Gasteiger partial charge in [0.1, 0.15) is 5.75 Å². The Labute approximate surface area is 117 Å². The van der Waals surface area contributed by atoms with Gasteiger partial charge in [-0.1, -0.05) is 38.5 Å². The van der Waals surface area contributed by atoms with E-state index >= 15 is 0 Å². The number of rotatable bonds is 0. The van der Waals surface area contributed by atoms with Gasteiger partial charge in [-0.15, -0.1) is 0 Å². The fourth-order valence-electron chi connectivity index (χ4n) is 1.68. The highest BCUT2D eigenvalue weighted by Gasteiger charge is 2.09. The molecule has 0 heterocycles. The molecule has 1 aromatic rings. The summed E-state index contributed by atoms with van der Waals surface area (Å²) in [6.07, 6.45) is 9.04. The maximum absolute atomic E-state index is 9.06. The Morgan fingerprint density at radius 2 is 1.74 bits per heavy atom. The van der Waals surface area contributed by atoms with E-state index in [2.05, 4.69) is 11.8 Å². The number of allylic oxidation sites excluding steroid dienone is 1. The zero-order valence-corrected chi connectivity index (χ0v) is 12.4. The fourth-order valence-corrected chi connectivity index (χ4v) is 1.68. The van der Waals surface area contributed by atoms with Crippen molar-refractivity contribution in [2.75, 3.05) is 7.05 Å². The van der Waals surface area contributed by atoms with Gasteiger partial charge in [0.25, 0.3) is 0 Å². The van der Waals surface area contributed by atoms with Crippen molar-refractivity contribution < 1.29 is 5.11 Å². The molecule has 3 rings (SSSR count). The molecule has 1 saturated carbocycles. The lowest BCUT2D eigenvalue weighted by Gasteiger charge is -2.18. The van der Waals surface area contributed by atoms with E-state index < -0.39 is 0 Å². The largest absolute Gasteiger partial charge is 0.508 e. The van der Waals surface area contributed by atoms with Crippen LogP contribution in [0.15, 0.2) is 24.3 Å². The number of nitrogens with two attached hydrogens (primary N) is 2. The average Bonchev–Trinajstić information content (AvgIpc) is 2.89. The summed E-state index contributed by atoms with van der Waals surface area (Å²) in [6, 6.07) is 6.05. The number of benzene rings is 1. The van der Waals surface area contributed by atoms with Crippen molar-refractivity contribution in [3.63, 3.8) is 0 Å². The van der Waals surface area contributed by atoms with E-state index in [1.165, 1.54) is 31.9 Å². The Morgan fingerprint density at radius 1 is 1.16 bits per heavy atom. The van der Waals surface area contributed by atoms with Crippen LogP contribution in [0.1, 0.15) is 44.2 Å². The maximum Gasteiger partial charge on any atom is 0.116 e. The molecule has 3 nitrogen and oxygen atoms in total. The van der Waals surface area contributed by atoms with Crippen LogP contribution in [0.4, 0.5) is 0 Å². The molecule has 2 aliphatic rings. The number of hydrogen-bond donors (Lipinski definition) is 3. The fraction of sp³-hybridized carbons (Fsp3) is 0.500. The zero-order chi connectivity index (χ0) is 14.7. The second-order valence-electron chi connectivity index (χ2n) is 4.18. The summed E-state index contributed by atoms with van der Waals surface area (Å²) >= 11 is 0. The highest BCUT2D eigenvalue weighted by Crippen LogP contribution is 2.22. The average molecular weight is 264 g/mol. The van der Waals surface area contributed by atoms with Gasteiger partial charge in [-0.05, 0) is 49.6 Å². The lowest BCUT2D eigenvalue weighted by atomic mass is 9.95. The summed E-state index contributed by atoms with van der Waals surface area (Å²) in [6.45, 7) is 4.00. The van der Waals surface area contributed by atoms with E-state index in [9.17, 15) is 0 Å². The third-order valence-electron chi connectivity index (χ3n) is 2.91. The normalized spacial score (nSPS) is 14.6. The van der Waals surface area contributed by atoms with Gasteiger partial charge in [-0.2, -0.15) is 0 Å². The molecule has 3 heteroatoms. The summed E-state index contributed by atoms with van der Waals surface area (Å²) in [7, 11) is 1.50. The first-order valence-corrected chi connectivity index (χ1v) is 7.07. The molecule has 0 atom stereocenters. The highest BCUT2D eigenvalue weighted by molar-refractivity contribution is 5.61. The van der Waals surface area contributed by atoms with Crippen molar-refractivity contribution in [2.24, 2.45) is 11.5 Å². The molecule has 1 aromatic carbocycles. The summed E-state index contributed by atoms with van der Waals surface area (Å²) in [4.78, 5) is 0. The predicted molar refractivity (Wildman–Crippen MR) is 84.1 cm³/mol. The Kier molecular flexibility index (Phi) is 9.85. The highest BCUT2D eigenvalue weighted by atomic mass is 16.3. The lowest BCUT2D eigenvalue weighted by Crippen LogP contribution is -2.27. The summed E-state index contributed by atoms with van der Waals surface area (Å²) in [5, 5.41) is 9.06. The molecule has 108 valence electrons. The first kappa shape index (κ1) is 17.7. The van der Waals surface area contributed by atoms with Crippen LogP contribution in [-0.4, -0.2) is 18.2 Å². The van der Waals surface area contributed by atoms with Gasteiger partial charge in [0.2, 0.25) is 0 Å². The molecule has 2 aliphatic carbocycles. The Bertz CT molecular complexity index is 371. The molecule has 0 aromatic heterocycles. The maximum atomic E-state index is 9.06. The minimum Gasteiger partial charge on any atom is -0.508 e. The van der Waals surface area contributed by atoms with Gasteiger partial charge < -0.3 is 16.6 Å². The van der Waals surface area contributed by atoms with Crippen LogP contribution in [0.3, 0.4) is 0 Å². The minimum atomic E-state index is 0.352. The van der Waals surface area contributed by atoms with Crippen LogP contribution < -0.4 is 11.5 Å². The van der Waals surface area contributed by atoms with Crippen LogP contribution in [0.5, 0.6) is 5.75 Å². The van der Waals surface area contributed by atoms with Crippen molar-refractivity contribution in [1.29, 1.82) is 0 Å². The molecule has 19 heavy (non-hydrogen) atoms. The lowest BCUT2D eigenvalue weighted by molar-refractivity contribution is 0.418. The molecule has 0 bridgehead atoms. The van der Waals surface area contributed by atoms with Crippen LogP contribution in [-0.2, 0) is 6.42 Å². The van der Waals surface area contributed by atoms with E-state index in [4.69, 9.17) is 10.8 Å². The van der Waals surface area contributed by atoms with Crippen LogP contribution in [0.25, 0.3) is 6.08 Å². The standard InChI is InChI=1S/C9H8O.C4H9N.C2H6.CH5N/c10-9-5-4-7-2-1-3-8(7)6-9;5-4-2-1-3-4;2*1-2/h1,3-6,10H,2H2;4H,1-3,5H2;1-2H3;2H2,1H3. The molecule has 0 spiro atoms. The van der Waals surface area contributed by atoms with Gasteiger partial charge in [0.15, 0.2) is 0 Å². The van der Waals surface area contributed by atoms with Gasteiger partial charge >= 0.3 is 0 Å². The first-order chi connectivity index (χ1) is 9.25. The third-order valence-corrected chi connectivity index (χ3v) is 2.91. The molecule has 0 aliphatic heterocycles. The first-order valence-electron chi connectivity index (χ1n) is 7.07. The molecule has 0 radical (unpaired) electrons. The number of phenols is 1. The van der Waals surface area contributed by atoms with Gasteiger partial charge in [0, 0.05) is 6.04 Å². The van der Waals surface area contributed by atoms with Crippen molar-refractivity contribution in [3.05, 3.63) is 35.4 Å². The van der Waals surface area contributed by atoms with E-state index in [-0.39, 0.29) is 0 Å². The number of phenolic OH excluding ortho intramolecular Hbond substituents is 1. The van der Waals surface area contributed by atoms with Crippen molar-refractivity contribution >= 4 is 6.08 Å². The molecule has 0 saturated heterocycles. The van der Waals surface area contributed by atoms with E-state index in [1.807, 2.05) is 26.0 Å². The summed E-state index contributed by atoms with van der Waals surface area (Å²) in [5.74, 6) is 0.352. The third kappa shape index (κ3) is 6.41. The van der Waals surface area contributed by atoms with Gasteiger partial charge in [-0.25, -0.2) is 0 Å². The van der Waals surface area contributed by atoms with E-state index in [0.29, 0.717) is 11.8 Å². The second kappa shape index (κ2) is 10.6. The van der Waals surface area contributed by atoms with Crippen molar-refractivity contribution in [3.8, 4) is 5.75 Å². The van der Waals surface area contributed by atoms with Crippen LogP contribution in [0, 0.1) is 0 Å². The van der Waals surface area contributed by atoms with Crippen molar-refractivity contribution in [2.45, 2.75) is 45.6 Å². The monoisotopic (exact) mass is 264 g/mol. The molecule has 5 N–H and O–H groups in total. The molecule has 0 unspecified atom stereocenters. The number of fused-ring (bicyclic) bond motifs is 1. The molecular weight excluding hydrogens is 236 g/mol. The smallest absolute Gasteiger partial charge is 0.116 e. The van der Waals surface area contributed by atoms with Gasteiger partial charge in [0.05, 0.1) is 0 Å². The zero-order valence-electron chi connectivity index (χ0n) is 12.4. The Hall–Kier alpha value is -1.32. The Balaban J connectivity index is 0.000000305. The van der Waals surface area contributed by atoms with Gasteiger partial charge in [-0.3, -0.25) is 0 Å². The Morgan fingerprint density at radius 3 is 2.21 bits per heavy atom. The molecule has 1 fully saturated rings. The summed E-state index contributed by atoms with van der Waals surface area (Å²) in [5.41, 5.74) is 12.3. The number of aromatic hydroxyl groups is 1. The topological polar surface area (TPSA) is 72.3 Å². The van der Waals surface area contributed by atoms with Crippen LogP contribution in [0.2, 0.25) is 0 Å². The SMILES string of the molecule is CC.CN.NC1CCC1.Oc1ccc2c(c1)C=CC2. The number of hydrogen-bond acceptors (Lipinski definition) is 3. The van der Waals surface area contributed by atoms with Crippen LogP contribution >= 0.6 is 0 Å². The van der Waals surface area contributed by atoms with E-state index in [0.717, 1.165) is 12.0 Å². The second-order valence-corrected chi connectivity index (χ2v) is 4.18. The summed E-state index contributed by atoms with van der Waals surface area (Å²) < 4.78 is 0. The van der Waals surface area contributed by atoms with E-state index in [1.54, 1.807) is 12.1 Å². The molecule has 0 amide bonds. The minimum absolute atomic E-state index is 0.352. The molecular formula is C16H28N2O. The predicted octanol–water partition coefficient (Wildman–Crippen LogP) is 3.06.